The summed E-state index contributed by atoms with van der Waals surface area (Å²) in [5, 5.41) is 2.43. The fraction of sp³-hybridized carbons (Fsp3) is 0.529. The quantitative estimate of drug-likeness (QED) is 0.815. The van der Waals surface area contributed by atoms with E-state index in [1.807, 2.05) is 30.3 Å². The number of nitrogens with one attached hydrogen (secondary N) is 1. The minimum atomic E-state index is -0.797. The fourth-order valence-corrected chi connectivity index (χ4v) is 1.63. The van der Waals surface area contributed by atoms with E-state index >= 15 is 0 Å². The molecule has 0 aliphatic heterocycles. The molecule has 6 heteroatoms. The van der Waals surface area contributed by atoms with Crippen LogP contribution in [0.15, 0.2) is 30.3 Å². The highest BCUT2D eigenvalue weighted by Crippen LogP contribution is 2.11. The standard InChI is InChI=1S/C17H25NO5/c1-12(22-14-9-7-6-8-10-14)11-21-15(19)13(2)18-16(20)23-17(3,4)5/h6-10,12-13H,11H2,1-5H3,(H,18,20). The number of carbonyl (C=O) groups excluding carboxylic acids is 2. The van der Waals surface area contributed by atoms with Crippen LogP contribution in [0.1, 0.15) is 34.6 Å². The first-order chi connectivity index (χ1) is 10.7. The van der Waals surface area contributed by atoms with Crippen molar-refractivity contribution in [3.63, 3.8) is 0 Å². The molecule has 0 radical (unpaired) electrons. The summed E-state index contributed by atoms with van der Waals surface area (Å²) in [7, 11) is 0. The normalized spacial score (nSPS) is 13.6. The van der Waals surface area contributed by atoms with Gasteiger partial charge in [0.05, 0.1) is 0 Å². The van der Waals surface area contributed by atoms with Gasteiger partial charge in [-0.05, 0) is 46.8 Å². The Morgan fingerprint density at radius 2 is 1.74 bits per heavy atom. The lowest BCUT2D eigenvalue weighted by atomic mass is 10.2. The Hall–Kier alpha value is -2.24. The highest BCUT2D eigenvalue weighted by molar-refractivity contribution is 5.81. The average molecular weight is 323 g/mol. The number of para-hydroxylation sites is 1. The lowest BCUT2D eigenvalue weighted by Gasteiger charge is -2.21. The molecule has 2 atom stereocenters. The molecule has 0 aromatic heterocycles. The van der Waals surface area contributed by atoms with Crippen LogP contribution >= 0.6 is 0 Å². The molecule has 23 heavy (non-hydrogen) atoms. The van der Waals surface area contributed by atoms with Crippen LogP contribution in [0.3, 0.4) is 0 Å². The van der Waals surface area contributed by atoms with Crippen LogP contribution in [0, 0.1) is 0 Å². The van der Waals surface area contributed by atoms with E-state index in [-0.39, 0.29) is 12.7 Å². The monoisotopic (exact) mass is 323 g/mol. The zero-order valence-electron chi connectivity index (χ0n) is 14.3. The summed E-state index contributed by atoms with van der Waals surface area (Å²) in [6.07, 6.45) is -0.953. The van der Waals surface area contributed by atoms with Crippen LogP contribution in [-0.2, 0) is 14.3 Å². The summed E-state index contributed by atoms with van der Waals surface area (Å²) in [5.41, 5.74) is -0.619. The van der Waals surface area contributed by atoms with Crippen LogP contribution < -0.4 is 10.1 Å². The Morgan fingerprint density at radius 1 is 1.13 bits per heavy atom. The molecule has 0 saturated heterocycles. The van der Waals surface area contributed by atoms with E-state index in [2.05, 4.69) is 5.32 Å². The minimum Gasteiger partial charge on any atom is -0.487 e. The van der Waals surface area contributed by atoms with Gasteiger partial charge in [-0.15, -0.1) is 0 Å². The minimum absolute atomic E-state index is 0.0913. The maximum absolute atomic E-state index is 11.9. The van der Waals surface area contributed by atoms with Gasteiger partial charge in [-0.1, -0.05) is 18.2 Å². The number of esters is 1. The average Bonchev–Trinajstić information content (AvgIpc) is 2.43. The zero-order chi connectivity index (χ0) is 17.5. The van der Waals surface area contributed by atoms with E-state index in [1.165, 1.54) is 6.92 Å². The summed E-state index contributed by atoms with van der Waals surface area (Å²) < 4.78 is 15.8. The molecule has 1 amide bonds. The fourth-order valence-electron chi connectivity index (χ4n) is 1.63. The largest absolute Gasteiger partial charge is 0.487 e. The highest BCUT2D eigenvalue weighted by atomic mass is 16.6. The molecule has 1 N–H and O–H groups in total. The van der Waals surface area contributed by atoms with Gasteiger partial charge in [0, 0.05) is 0 Å². The van der Waals surface area contributed by atoms with Gasteiger partial charge in [0.2, 0.25) is 0 Å². The Labute approximate surface area is 137 Å². The third-order valence-electron chi connectivity index (χ3n) is 2.63. The van der Waals surface area contributed by atoms with Crippen molar-refractivity contribution in [2.45, 2.75) is 52.4 Å². The summed E-state index contributed by atoms with van der Waals surface area (Å²) in [5.74, 6) is 0.162. The van der Waals surface area contributed by atoms with E-state index in [9.17, 15) is 9.59 Å². The summed E-state index contributed by atoms with van der Waals surface area (Å²) >= 11 is 0. The molecule has 0 spiro atoms. The smallest absolute Gasteiger partial charge is 0.408 e. The van der Waals surface area contributed by atoms with Crippen molar-refractivity contribution in [1.82, 2.24) is 5.32 Å². The molecule has 0 aliphatic carbocycles. The van der Waals surface area contributed by atoms with Gasteiger partial charge < -0.3 is 19.5 Å². The van der Waals surface area contributed by atoms with Crippen LogP contribution in [0.25, 0.3) is 0 Å². The first-order valence-electron chi connectivity index (χ1n) is 7.55. The van der Waals surface area contributed by atoms with Gasteiger partial charge in [0.15, 0.2) is 0 Å². The number of benzene rings is 1. The molecule has 6 nitrogen and oxygen atoms in total. The van der Waals surface area contributed by atoms with Crippen LogP contribution in [0.2, 0.25) is 0 Å². The van der Waals surface area contributed by atoms with E-state index in [4.69, 9.17) is 14.2 Å². The molecule has 0 saturated carbocycles. The van der Waals surface area contributed by atoms with E-state index in [0.717, 1.165) is 0 Å². The predicted molar refractivity (Wildman–Crippen MR) is 86.3 cm³/mol. The van der Waals surface area contributed by atoms with Crippen molar-refractivity contribution in [2.75, 3.05) is 6.61 Å². The second kappa shape index (κ2) is 8.41. The first-order valence-corrected chi connectivity index (χ1v) is 7.55. The number of ether oxygens (including phenoxy) is 3. The van der Waals surface area contributed by atoms with Gasteiger partial charge >= 0.3 is 12.1 Å². The number of hydrogen-bond donors (Lipinski definition) is 1. The zero-order valence-corrected chi connectivity index (χ0v) is 14.3. The number of carbonyl (C=O) groups is 2. The maximum atomic E-state index is 11.9. The summed E-state index contributed by atoms with van der Waals surface area (Å²) in [4.78, 5) is 23.4. The van der Waals surface area contributed by atoms with Gasteiger partial charge in [-0.3, -0.25) is 0 Å². The predicted octanol–water partition coefficient (Wildman–Crippen LogP) is 2.91. The second-order valence-corrected chi connectivity index (χ2v) is 6.24. The molecule has 0 fully saturated rings. The van der Waals surface area contributed by atoms with Crippen LogP contribution in [0.4, 0.5) is 4.79 Å². The molecule has 2 unspecified atom stereocenters. The van der Waals surface area contributed by atoms with Crippen molar-refractivity contribution in [2.24, 2.45) is 0 Å². The Kier molecular flexibility index (Phi) is 6.88. The van der Waals surface area contributed by atoms with Gasteiger partial charge in [0.25, 0.3) is 0 Å². The topological polar surface area (TPSA) is 73.9 Å². The summed E-state index contributed by atoms with van der Waals surface area (Å²) in [6, 6.07) is 8.47. The third-order valence-corrected chi connectivity index (χ3v) is 2.63. The third kappa shape index (κ3) is 8.09. The number of rotatable bonds is 6. The number of amides is 1. The maximum Gasteiger partial charge on any atom is 0.408 e. The molecule has 1 aromatic carbocycles. The molecule has 1 aromatic rings. The Bertz CT molecular complexity index is 509. The van der Waals surface area contributed by atoms with Crippen molar-refractivity contribution in [3.05, 3.63) is 30.3 Å². The number of hydrogen-bond acceptors (Lipinski definition) is 5. The van der Waals surface area contributed by atoms with Crippen LogP contribution in [0.5, 0.6) is 5.75 Å². The Balaban J connectivity index is 2.33. The van der Waals surface area contributed by atoms with Crippen molar-refractivity contribution >= 4 is 12.1 Å². The van der Waals surface area contributed by atoms with Crippen molar-refractivity contribution in [1.29, 1.82) is 0 Å². The lowest BCUT2D eigenvalue weighted by molar-refractivity contribution is -0.147. The SMILES string of the molecule is CC(COC(=O)C(C)NC(=O)OC(C)(C)C)Oc1ccccc1. The van der Waals surface area contributed by atoms with Crippen molar-refractivity contribution in [3.8, 4) is 5.75 Å². The molecule has 0 heterocycles. The second-order valence-electron chi connectivity index (χ2n) is 6.24. The van der Waals surface area contributed by atoms with Gasteiger partial charge in [0.1, 0.15) is 30.1 Å². The summed E-state index contributed by atoms with van der Waals surface area (Å²) in [6.45, 7) is 8.67. The molecular weight excluding hydrogens is 298 g/mol. The van der Waals surface area contributed by atoms with Gasteiger partial charge in [-0.2, -0.15) is 0 Å². The molecule has 0 aliphatic rings. The number of alkyl carbamates (subject to hydrolysis) is 1. The van der Waals surface area contributed by atoms with E-state index in [1.54, 1.807) is 27.7 Å². The molecule has 1 rings (SSSR count). The highest BCUT2D eigenvalue weighted by Gasteiger charge is 2.22. The van der Waals surface area contributed by atoms with E-state index in [0.29, 0.717) is 5.75 Å². The lowest BCUT2D eigenvalue weighted by Crippen LogP contribution is -2.43. The molecule has 0 bridgehead atoms. The van der Waals surface area contributed by atoms with Crippen molar-refractivity contribution < 1.29 is 23.8 Å². The van der Waals surface area contributed by atoms with Crippen LogP contribution in [-0.4, -0.2) is 36.4 Å². The first kappa shape index (κ1) is 18.8. The molecular formula is C17H25NO5. The molecule has 128 valence electrons. The van der Waals surface area contributed by atoms with E-state index < -0.39 is 23.7 Å². The Morgan fingerprint density at radius 3 is 2.30 bits per heavy atom. The van der Waals surface area contributed by atoms with Gasteiger partial charge in [-0.25, -0.2) is 9.59 Å².